The second-order valence-electron chi connectivity index (χ2n) is 5.85. The lowest BCUT2D eigenvalue weighted by Crippen LogP contribution is -2.30. The van der Waals surface area contributed by atoms with Crippen molar-refractivity contribution in [2.75, 3.05) is 5.32 Å². The standard InChI is InChI=1S/C19H22ClNO3/c1-12(2)23-17-8-6-16(7-9-17)21-19(22)14(4)24-18-10-5-15(20)11-13(18)3/h5-12,14H,1-4H3,(H,21,22). The average molecular weight is 348 g/mol. The lowest BCUT2D eigenvalue weighted by Gasteiger charge is -2.16. The summed E-state index contributed by atoms with van der Waals surface area (Å²) in [6.07, 6.45) is -0.516. The lowest BCUT2D eigenvalue weighted by molar-refractivity contribution is -0.122. The number of rotatable bonds is 6. The molecule has 1 unspecified atom stereocenters. The molecule has 2 aromatic rings. The van der Waals surface area contributed by atoms with E-state index in [0.717, 1.165) is 11.3 Å². The highest BCUT2D eigenvalue weighted by molar-refractivity contribution is 6.30. The van der Waals surface area contributed by atoms with Gasteiger partial charge in [0, 0.05) is 10.7 Å². The molecule has 0 radical (unpaired) electrons. The van der Waals surface area contributed by atoms with Gasteiger partial charge in [-0.2, -0.15) is 0 Å². The monoisotopic (exact) mass is 347 g/mol. The van der Waals surface area contributed by atoms with E-state index in [9.17, 15) is 4.79 Å². The van der Waals surface area contributed by atoms with E-state index in [1.54, 1.807) is 37.3 Å². The molecule has 0 aliphatic heterocycles. The van der Waals surface area contributed by atoms with Crippen molar-refractivity contribution in [1.82, 2.24) is 0 Å². The molecule has 1 amide bonds. The molecule has 0 fully saturated rings. The second-order valence-corrected chi connectivity index (χ2v) is 6.29. The largest absolute Gasteiger partial charge is 0.491 e. The Morgan fingerprint density at radius 3 is 2.29 bits per heavy atom. The third-order valence-corrected chi connectivity index (χ3v) is 3.54. The van der Waals surface area contributed by atoms with Crippen molar-refractivity contribution in [1.29, 1.82) is 0 Å². The third kappa shape index (κ3) is 5.17. The van der Waals surface area contributed by atoms with E-state index in [2.05, 4.69) is 5.32 Å². The minimum Gasteiger partial charge on any atom is -0.491 e. The highest BCUT2D eigenvalue weighted by Gasteiger charge is 2.16. The van der Waals surface area contributed by atoms with Gasteiger partial charge >= 0.3 is 0 Å². The van der Waals surface area contributed by atoms with Crippen molar-refractivity contribution in [2.24, 2.45) is 0 Å². The molecule has 0 heterocycles. The Balaban J connectivity index is 1.96. The first-order chi connectivity index (χ1) is 11.3. The number of aryl methyl sites for hydroxylation is 1. The Bertz CT molecular complexity index is 698. The Labute approximate surface area is 147 Å². The number of hydrogen-bond acceptors (Lipinski definition) is 3. The number of anilines is 1. The van der Waals surface area contributed by atoms with Gasteiger partial charge in [-0.15, -0.1) is 0 Å². The average Bonchev–Trinajstić information content (AvgIpc) is 2.51. The van der Waals surface area contributed by atoms with E-state index in [4.69, 9.17) is 21.1 Å². The maximum absolute atomic E-state index is 12.3. The fraction of sp³-hybridized carbons (Fsp3) is 0.316. The van der Waals surface area contributed by atoms with Gasteiger partial charge in [0.15, 0.2) is 6.10 Å². The summed E-state index contributed by atoms with van der Waals surface area (Å²) in [6, 6.07) is 12.6. The summed E-state index contributed by atoms with van der Waals surface area (Å²) in [5.74, 6) is 1.19. The first-order valence-corrected chi connectivity index (χ1v) is 8.23. The van der Waals surface area contributed by atoms with Gasteiger partial charge in [-0.25, -0.2) is 0 Å². The van der Waals surface area contributed by atoms with E-state index in [1.165, 1.54) is 0 Å². The summed E-state index contributed by atoms with van der Waals surface area (Å²) in [7, 11) is 0. The Morgan fingerprint density at radius 1 is 1.04 bits per heavy atom. The number of nitrogens with one attached hydrogen (secondary N) is 1. The fourth-order valence-corrected chi connectivity index (χ4v) is 2.35. The Morgan fingerprint density at radius 2 is 1.71 bits per heavy atom. The molecule has 128 valence electrons. The van der Waals surface area contributed by atoms with Crippen LogP contribution in [0.4, 0.5) is 5.69 Å². The molecule has 5 heteroatoms. The molecule has 2 aromatic carbocycles. The van der Waals surface area contributed by atoms with Crippen molar-refractivity contribution < 1.29 is 14.3 Å². The first kappa shape index (κ1) is 18.1. The topological polar surface area (TPSA) is 47.6 Å². The van der Waals surface area contributed by atoms with Crippen molar-refractivity contribution >= 4 is 23.2 Å². The SMILES string of the molecule is Cc1cc(Cl)ccc1OC(C)C(=O)Nc1ccc(OC(C)C)cc1. The summed E-state index contributed by atoms with van der Waals surface area (Å²) in [6.45, 7) is 7.53. The molecule has 2 rings (SSSR count). The number of carbonyl (C=O) groups is 1. The van der Waals surface area contributed by atoms with Crippen molar-refractivity contribution in [2.45, 2.75) is 39.9 Å². The van der Waals surface area contributed by atoms with E-state index in [0.29, 0.717) is 16.5 Å². The van der Waals surface area contributed by atoms with Crippen LogP contribution in [0.15, 0.2) is 42.5 Å². The third-order valence-electron chi connectivity index (χ3n) is 3.30. The lowest BCUT2D eigenvalue weighted by atomic mass is 10.2. The van der Waals surface area contributed by atoms with Crippen LogP contribution in [0, 0.1) is 6.92 Å². The number of hydrogen-bond donors (Lipinski definition) is 1. The molecule has 4 nitrogen and oxygen atoms in total. The molecule has 24 heavy (non-hydrogen) atoms. The van der Waals surface area contributed by atoms with Gasteiger partial charge in [0.2, 0.25) is 0 Å². The normalized spacial score (nSPS) is 11.9. The minimum absolute atomic E-state index is 0.112. The van der Waals surface area contributed by atoms with Crippen LogP contribution in [-0.2, 0) is 4.79 Å². The van der Waals surface area contributed by atoms with Crippen molar-refractivity contribution in [3.8, 4) is 11.5 Å². The number of ether oxygens (including phenoxy) is 2. The first-order valence-electron chi connectivity index (χ1n) is 7.85. The number of amides is 1. The molecular weight excluding hydrogens is 326 g/mol. The molecule has 0 saturated carbocycles. The van der Waals surface area contributed by atoms with Crippen LogP contribution in [0.1, 0.15) is 26.3 Å². The molecule has 1 atom stereocenters. The van der Waals surface area contributed by atoms with Crippen LogP contribution in [0.25, 0.3) is 0 Å². The van der Waals surface area contributed by atoms with E-state index in [1.807, 2.05) is 32.9 Å². The van der Waals surface area contributed by atoms with Gasteiger partial charge in [0.25, 0.3) is 5.91 Å². The highest BCUT2D eigenvalue weighted by atomic mass is 35.5. The van der Waals surface area contributed by atoms with Crippen LogP contribution in [0.2, 0.25) is 5.02 Å². The van der Waals surface area contributed by atoms with E-state index in [-0.39, 0.29) is 12.0 Å². The number of benzene rings is 2. The maximum atomic E-state index is 12.3. The Hall–Kier alpha value is -2.20. The number of carbonyl (C=O) groups excluding carboxylic acids is 1. The van der Waals surface area contributed by atoms with Crippen LogP contribution in [-0.4, -0.2) is 18.1 Å². The zero-order valence-electron chi connectivity index (χ0n) is 14.3. The van der Waals surface area contributed by atoms with Crippen LogP contribution < -0.4 is 14.8 Å². The smallest absolute Gasteiger partial charge is 0.265 e. The molecule has 0 aromatic heterocycles. The van der Waals surface area contributed by atoms with Crippen LogP contribution in [0.3, 0.4) is 0 Å². The summed E-state index contributed by atoms with van der Waals surface area (Å²) in [5.41, 5.74) is 1.58. The van der Waals surface area contributed by atoms with E-state index < -0.39 is 6.10 Å². The predicted molar refractivity (Wildman–Crippen MR) is 97.1 cm³/mol. The Kier molecular flexibility index (Phi) is 6.10. The van der Waals surface area contributed by atoms with Gasteiger partial charge in [-0.1, -0.05) is 11.6 Å². The molecule has 0 spiro atoms. The zero-order valence-corrected chi connectivity index (χ0v) is 15.1. The van der Waals surface area contributed by atoms with Crippen molar-refractivity contribution in [3.05, 3.63) is 53.1 Å². The van der Waals surface area contributed by atoms with Crippen LogP contribution >= 0.6 is 11.6 Å². The van der Waals surface area contributed by atoms with Crippen molar-refractivity contribution in [3.63, 3.8) is 0 Å². The van der Waals surface area contributed by atoms with Gasteiger partial charge in [0.1, 0.15) is 11.5 Å². The van der Waals surface area contributed by atoms with Crippen LogP contribution in [0.5, 0.6) is 11.5 Å². The summed E-state index contributed by atoms with van der Waals surface area (Å²) < 4.78 is 11.3. The molecular formula is C19H22ClNO3. The molecule has 1 N–H and O–H groups in total. The molecule has 0 aliphatic carbocycles. The fourth-order valence-electron chi connectivity index (χ4n) is 2.12. The molecule has 0 saturated heterocycles. The van der Waals surface area contributed by atoms with E-state index >= 15 is 0 Å². The maximum Gasteiger partial charge on any atom is 0.265 e. The van der Waals surface area contributed by atoms with Gasteiger partial charge in [0.05, 0.1) is 6.10 Å². The highest BCUT2D eigenvalue weighted by Crippen LogP contribution is 2.23. The molecule has 0 bridgehead atoms. The second kappa shape index (κ2) is 8.06. The minimum atomic E-state index is -0.628. The van der Waals surface area contributed by atoms with Gasteiger partial charge in [-0.05, 0) is 75.7 Å². The summed E-state index contributed by atoms with van der Waals surface area (Å²) >= 11 is 5.92. The summed E-state index contributed by atoms with van der Waals surface area (Å²) in [5, 5.41) is 3.47. The molecule has 0 aliphatic rings. The zero-order chi connectivity index (χ0) is 17.7. The van der Waals surface area contributed by atoms with Gasteiger partial charge in [-0.3, -0.25) is 4.79 Å². The van der Waals surface area contributed by atoms with Gasteiger partial charge < -0.3 is 14.8 Å². The number of halogens is 1. The summed E-state index contributed by atoms with van der Waals surface area (Å²) in [4.78, 5) is 12.3. The predicted octanol–water partition coefficient (Wildman–Crippen LogP) is 4.84. The quantitative estimate of drug-likeness (QED) is 0.813.